The summed E-state index contributed by atoms with van der Waals surface area (Å²) in [6.07, 6.45) is 0.981. The van der Waals surface area contributed by atoms with Crippen LogP contribution in [0.25, 0.3) is 0 Å². The van der Waals surface area contributed by atoms with Crippen LogP contribution in [0.4, 0.5) is 10.2 Å². The fourth-order valence-electron chi connectivity index (χ4n) is 2.99. The van der Waals surface area contributed by atoms with Crippen LogP contribution in [0.1, 0.15) is 26.1 Å². The summed E-state index contributed by atoms with van der Waals surface area (Å²) in [6, 6.07) is 16.7. The molecule has 1 aliphatic rings. The van der Waals surface area contributed by atoms with Gasteiger partial charge in [0, 0.05) is 11.8 Å². The minimum absolute atomic E-state index is 0.0230. The van der Waals surface area contributed by atoms with Crippen LogP contribution in [-0.4, -0.2) is 40.1 Å². The van der Waals surface area contributed by atoms with Gasteiger partial charge in [0.05, 0.1) is 12.2 Å². The summed E-state index contributed by atoms with van der Waals surface area (Å²) in [5.41, 5.74) is -0.522. The van der Waals surface area contributed by atoms with Gasteiger partial charge in [0.25, 0.3) is 5.91 Å². The second-order valence-corrected chi connectivity index (χ2v) is 8.11. The Balaban J connectivity index is 1.38. The Morgan fingerprint density at radius 3 is 2.47 bits per heavy atom. The van der Waals surface area contributed by atoms with Crippen molar-refractivity contribution >= 4 is 29.5 Å². The maximum atomic E-state index is 14.5. The molecule has 1 saturated heterocycles. The first-order chi connectivity index (χ1) is 15.5. The minimum atomic E-state index is -0.853. The van der Waals surface area contributed by atoms with Crippen molar-refractivity contribution in [2.24, 2.45) is 0 Å². The fourth-order valence-corrected chi connectivity index (χ4v) is 4.08. The molecule has 0 saturated carbocycles. The lowest BCUT2D eigenvalue weighted by molar-refractivity contribution is 0.0273. The van der Waals surface area contributed by atoms with Gasteiger partial charge in [-0.05, 0) is 24.3 Å². The molecule has 3 aromatic rings. The molecular formula is C22H18FN3O5S. The van der Waals surface area contributed by atoms with E-state index in [0.717, 1.165) is 10.8 Å². The SMILES string of the molecule is O=C(Nc1nc(=O)n([C@@H]2CO[C@H](COC(=O)c3ccccc3)S2)cc1F)c1ccccc1. The smallest absolute Gasteiger partial charge is 0.350 e. The van der Waals surface area contributed by atoms with Crippen LogP contribution in [-0.2, 0) is 9.47 Å². The number of aromatic nitrogens is 2. The molecule has 0 aliphatic carbocycles. The first-order valence-corrected chi connectivity index (χ1v) is 10.6. The number of anilines is 1. The highest BCUT2D eigenvalue weighted by molar-refractivity contribution is 8.00. The number of esters is 1. The van der Waals surface area contributed by atoms with Gasteiger partial charge in [-0.3, -0.25) is 9.36 Å². The van der Waals surface area contributed by atoms with Gasteiger partial charge in [0.1, 0.15) is 17.4 Å². The van der Waals surface area contributed by atoms with Crippen molar-refractivity contribution in [2.45, 2.75) is 10.8 Å². The Kier molecular flexibility index (Phi) is 6.62. The predicted molar refractivity (Wildman–Crippen MR) is 116 cm³/mol. The molecule has 2 heterocycles. The van der Waals surface area contributed by atoms with Crippen LogP contribution >= 0.6 is 11.8 Å². The van der Waals surface area contributed by atoms with Crippen LogP contribution < -0.4 is 11.0 Å². The minimum Gasteiger partial charge on any atom is -0.458 e. The van der Waals surface area contributed by atoms with Gasteiger partial charge < -0.3 is 14.8 Å². The summed E-state index contributed by atoms with van der Waals surface area (Å²) in [5.74, 6) is -2.36. The molecule has 2 atom stereocenters. The van der Waals surface area contributed by atoms with E-state index < -0.39 is 40.0 Å². The van der Waals surface area contributed by atoms with Gasteiger partial charge in [0.15, 0.2) is 11.6 Å². The third kappa shape index (κ3) is 5.04. The Labute approximate surface area is 186 Å². The van der Waals surface area contributed by atoms with Crippen LogP contribution in [0, 0.1) is 5.82 Å². The van der Waals surface area contributed by atoms with Crippen molar-refractivity contribution in [3.05, 3.63) is 94.3 Å². The zero-order chi connectivity index (χ0) is 22.5. The lowest BCUT2D eigenvalue weighted by Gasteiger charge is -2.13. The summed E-state index contributed by atoms with van der Waals surface area (Å²) in [6.45, 7) is 0.0831. The number of thioether (sulfide) groups is 1. The molecule has 10 heteroatoms. The highest BCUT2D eigenvalue weighted by Crippen LogP contribution is 2.35. The van der Waals surface area contributed by atoms with E-state index in [1.54, 1.807) is 60.7 Å². The monoisotopic (exact) mass is 455 g/mol. The molecule has 8 nitrogen and oxygen atoms in total. The maximum absolute atomic E-state index is 14.5. The predicted octanol–water partition coefficient (Wildman–Crippen LogP) is 3.08. The summed E-state index contributed by atoms with van der Waals surface area (Å²) in [7, 11) is 0. The van der Waals surface area contributed by atoms with E-state index in [0.29, 0.717) is 11.1 Å². The number of nitrogens with one attached hydrogen (secondary N) is 1. The van der Waals surface area contributed by atoms with Crippen LogP contribution in [0.5, 0.6) is 0 Å². The third-order valence-electron chi connectivity index (χ3n) is 4.58. The number of rotatable bonds is 6. The molecule has 1 fully saturated rings. The van der Waals surface area contributed by atoms with Gasteiger partial charge in [-0.15, -0.1) is 0 Å². The summed E-state index contributed by atoms with van der Waals surface area (Å²) < 4.78 is 26.4. The highest BCUT2D eigenvalue weighted by Gasteiger charge is 2.30. The average Bonchev–Trinajstić information content (AvgIpc) is 3.29. The molecule has 4 rings (SSSR count). The third-order valence-corrected chi connectivity index (χ3v) is 5.83. The van der Waals surface area contributed by atoms with Gasteiger partial charge in [-0.2, -0.15) is 4.98 Å². The van der Waals surface area contributed by atoms with Gasteiger partial charge >= 0.3 is 11.7 Å². The zero-order valence-corrected chi connectivity index (χ0v) is 17.5. The lowest BCUT2D eigenvalue weighted by atomic mass is 10.2. The number of nitrogens with zero attached hydrogens (tertiary/aromatic N) is 2. The number of carbonyl (C=O) groups excluding carboxylic acids is 2. The first kappa shape index (κ1) is 21.7. The Hall–Kier alpha value is -3.50. The van der Waals surface area contributed by atoms with Crippen LogP contribution in [0.15, 0.2) is 71.7 Å². The highest BCUT2D eigenvalue weighted by atomic mass is 32.2. The number of hydrogen-bond donors (Lipinski definition) is 1. The normalized spacial score (nSPS) is 17.7. The standard InChI is InChI=1S/C22H18FN3O5S/c23-16-11-26(22(29)25-19(16)24-20(27)14-7-3-1-4-8-14)17-12-30-18(32-17)13-31-21(28)15-9-5-2-6-10-15/h1-11,17-18H,12-13H2,(H,24,25,27,29)/t17-,18-/m0/s1. The molecule has 0 spiro atoms. The number of ether oxygens (including phenoxy) is 2. The Bertz CT molecular complexity index is 1170. The van der Waals surface area contributed by atoms with Crippen LogP contribution in [0.2, 0.25) is 0 Å². The van der Waals surface area contributed by atoms with E-state index in [2.05, 4.69) is 10.3 Å². The van der Waals surface area contributed by atoms with Crippen molar-refractivity contribution in [3.8, 4) is 0 Å². The topological polar surface area (TPSA) is 99.5 Å². The zero-order valence-electron chi connectivity index (χ0n) is 16.6. The van der Waals surface area contributed by atoms with Crippen molar-refractivity contribution in [1.29, 1.82) is 0 Å². The van der Waals surface area contributed by atoms with Gasteiger partial charge in [-0.1, -0.05) is 48.2 Å². The molecule has 1 N–H and O–H groups in total. The number of benzene rings is 2. The van der Waals surface area contributed by atoms with Crippen LogP contribution in [0.3, 0.4) is 0 Å². The Morgan fingerprint density at radius 1 is 1.12 bits per heavy atom. The van der Waals surface area contributed by atoms with E-state index in [1.165, 1.54) is 11.8 Å². The van der Waals surface area contributed by atoms with E-state index in [-0.39, 0.29) is 13.2 Å². The molecule has 0 bridgehead atoms. The molecule has 32 heavy (non-hydrogen) atoms. The molecule has 0 unspecified atom stereocenters. The van der Waals surface area contributed by atoms with Gasteiger partial charge in [-0.25, -0.2) is 14.0 Å². The number of hydrogen-bond acceptors (Lipinski definition) is 7. The summed E-state index contributed by atoms with van der Waals surface area (Å²) in [4.78, 5) is 40.3. The quantitative estimate of drug-likeness (QED) is 0.570. The number of halogens is 1. The number of carbonyl (C=O) groups is 2. The van der Waals surface area contributed by atoms with E-state index in [1.807, 2.05) is 0 Å². The molecule has 1 aromatic heterocycles. The summed E-state index contributed by atoms with van der Waals surface area (Å²) in [5, 5.41) is 1.76. The van der Waals surface area contributed by atoms with Gasteiger partial charge in [0.2, 0.25) is 0 Å². The second-order valence-electron chi connectivity index (χ2n) is 6.77. The van der Waals surface area contributed by atoms with Crippen molar-refractivity contribution in [2.75, 3.05) is 18.5 Å². The van der Waals surface area contributed by atoms with E-state index >= 15 is 0 Å². The molecule has 1 aliphatic heterocycles. The van der Waals surface area contributed by atoms with Crippen molar-refractivity contribution in [1.82, 2.24) is 9.55 Å². The fraction of sp³-hybridized carbons (Fsp3) is 0.182. The average molecular weight is 455 g/mol. The Morgan fingerprint density at radius 2 is 1.78 bits per heavy atom. The van der Waals surface area contributed by atoms with E-state index in [9.17, 15) is 18.8 Å². The van der Waals surface area contributed by atoms with Crippen molar-refractivity contribution < 1.29 is 23.5 Å². The molecule has 1 amide bonds. The van der Waals surface area contributed by atoms with E-state index in [4.69, 9.17) is 9.47 Å². The lowest BCUT2D eigenvalue weighted by Crippen LogP contribution is -2.28. The second kappa shape index (κ2) is 9.75. The first-order valence-electron chi connectivity index (χ1n) is 9.65. The molecular weight excluding hydrogens is 437 g/mol. The molecule has 2 aromatic carbocycles. The summed E-state index contributed by atoms with van der Waals surface area (Å²) >= 11 is 1.21. The van der Waals surface area contributed by atoms with Crippen molar-refractivity contribution in [3.63, 3.8) is 0 Å². The number of amides is 1. The molecule has 164 valence electrons. The maximum Gasteiger partial charge on any atom is 0.350 e. The largest absolute Gasteiger partial charge is 0.458 e. The molecule has 0 radical (unpaired) electrons.